The van der Waals surface area contributed by atoms with Gasteiger partial charge in [0.1, 0.15) is 23.6 Å². The van der Waals surface area contributed by atoms with Crippen LogP contribution in [0, 0.1) is 6.92 Å². The summed E-state index contributed by atoms with van der Waals surface area (Å²) in [5, 5.41) is 7.10. The Balaban J connectivity index is 2.04. The number of imidazole rings is 1. The normalized spacial score (nSPS) is 11.1. The van der Waals surface area contributed by atoms with Crippen molar-refractivity contribution < 1.29 is 23.9 Å². The Morgan fingerprint density at radius 1 is 1.18 bits per heavy atom. The quantitative estimate of drug-likeness (QED) is 0.411. The van der Waals surface area contributed by atoms with E-state index in [-0.39, 0.29) is 24.7 Å². The van der Waals surface area contributed by atoms with Crippen LogP contribution in [0.25, 0.3) is 11.0 Å². The zero-order valence-electron chi connectivity index (χ0n) is 18.5. The van der Waals surface area contributed by atoms with Gasteiger partial charge >= 0.3 is 6.09 Å². The minimum absolute atomic E-state index is 0.0123. The molecule has 12 heteroatoms. The van der Waals surface area contributed by atoms with Crippen LogP contribution in [0.2, 0.25) is 0 Å². The number of ether oxygens (including phenoxy) is 2. The SMILES string of the molecule is CCn1nc(C)cc1C(=O)Nc1nc2cc(C(N)=O)cc(OC)c2n1CC=CCOC(N)=O. The lowest BCUT2D eigenvalue weighted by atomic mass is 10.1. The first-order chi connectivity index (χ1) is 15.7. The van der Waals surface area contributed by atoms with E-state index in [2.05, 4.69) is 20.1 Å². The molecule has 0 saturated heterocycles. The van der Waals surface area contributed by atoms with Gasteiger partial charge in [0.15, 0.2) is 0 Å². The Kier molecular flexibility index (Phi) is 6.96. The molecule has 0 bridgehead atoms. The number of hydrogen-bond acceptors (Lipinski definition) is 7. The number of primary amides is 2. The minimum Gasteiger partial charge on any atom is -0.494 e. The molecular formula is C21H25N7O5. The zero-order chi connectivity index (χ0) is 24.1. The number of hydrogen-bond donors (Lipinski definition) is 3. The molecule has 0 radical (unpaired) electrons. The molecule has 0 unspecified atom stereocenters. The predicted octanol–water partition coefficient (Wildman–Crippen LogP) is 1.57. The third kappa shape index (κ3) is 5.11. The molecular weight excluding hydrogens is 430 g/mol. The van der Waals surface area contributed by atoms with E-state index in [0.717, 1.165) is 0 Å². The first kappa shape index (κ1) is 23.3. The molecule has 0 aliphatic heterocycles. The Morgan fingerprint density at radius 2 is 1.94 bits per heavy atom. The summed E-state index contributed by atoms with van der Waals surface area (Å²) in [4.78, 5) is 40.0. The third-order valence-electron chi connectivity index (χ3n) is 4.75. The van der Waals surface area contributed by atoms with E-state index in [1.807, 2.05) is 6.92 Å². The Morgan fingerprint density at radius 3 is 2.58 bits per heavy atom. The Hall–Kier alpha value is -4.35. The molecule has 1 aromatic carbocycles. The van der Waals surface area contributed by atoms with Crippen molar-refractivity contribution in [3.8, 4) is 5.75 Å². The highest BCUT2D eigenvalue weighted by Gasteiger charge is 2.21. The summed E-state index contributed by atoms with van der Waals surface area (Å²) in [5.41, 5.74) is 12.6. The van der Waals surface area contributed by atoms with Crippen LogP contribution in [0.5, 0.6) is 5.75 Å². The van der Waals surface area contributed by atoms with Gasteiger partial charge in [0.05, 0.1) is 18.3 Å². The van der Waals surface area contributed by atoms with E-state index in [1.165, 1.54) is 19.2 Å². The van der Waals surface area contributed by atoms with Gasteiger partial charge in [0.25, 0.3) is 5.91 Å². The van der Waals surface area contributed by atoms with E-state index in [4.69, 9.17) is 16.2 Å². The Bertz CT molecular complexity index is 1240. The van der Waals surface area contributed by atoms with E-state index in [9.17, 15) is 14.4 Å². The van der Waals surface area contributed by atoms with Crippen LogP contribution in [-0.2, 0) is 17.8 Å². The molecule has 0 saturated carbocycles. The van der Waals surface area contributed by atoms with Crippen molar-refractivity contribution in [2.45, 2.75) is 26.9 Å². The molecule has 0 spiro atoms. The van der Waals surface area contributed by atoms with Crippen LogP contribution in [0.15, 0.2) is 30.4 Å². The van der Waals surface area contributed by atoms with Crippen molar-refractivity contribution in [3.63, 3.8) is 0 Å². The Labute approximate surface area is 189 Å². The van der Waals surface area contributed by atoms with Gasteiger partial charge in [-0.3, -0.25) is 19.6 Å². The number of nitrogens with one attached hydrogen (secondary N) is 1. The highest BCUT2D eigenvalue weighted by atomic mass is 16.5. The molecule has 3 rings (SSSR count). The molecule has 174 valence electrons. The zero-order valence-corrected chi connectivity index (χ0v) is 18.5. The van der Waals surface area contributed by atoms with Gasteiger partial charge in [-0.05, 0) is 38.1 Å². The van der Waals surface area contributed by atoms with Gasteiger partial charge in [-0.25, -0.2) is 9.78 Å². The van der Waals surface area contributed by atoms with Gasteiger partial charge in [0.2, 0.25) is 11.9 Å². The maximum Gasteiger partial charge on any atom is 0.404 e. The van der Waals surface area contributed by atoms with E-state index >= 15 is 0 Å². The average Bonchev–Trinajstić information content (AvgIpc) is 3.32. The maximum absolute atomic E-state index is 13.0. The van der Waals surface area contributed by atoms with E-state index in [1.54, 1.807) is 34.4 Å². The van der Waals surface area contributed by atoms with Crippen molar-refractivity contribution in [1.29, 1.82) is 0 Å². The van der Waals surface area contributed by atoms with Crippen LogP contribution in [0.3, 0.4) is 0 Å². The molecule has 0 aliphatic rings. The largest absolute Gasteiger partial charge is 0.494 e. The number of fused-ring (bicyclic) bond motifs is 1. The van der Waals surface area contributed by atoms with Crippen molar-refractivity contribution in [2.24, 2.45) is 11.5 Å². The highest BCUT2D eigenvalue weighted by Crippen LogP contribution is 2.31. The number of benzene rings is 1. The molecule has 0 atom stereocenters. The van der Waals surface area contributed by atoms with Gasteiger partial charge < -0.3 is 25.5 Å². The lowest BCUT2D eigenvalue weighted by molar-refractivity contribution is 0.0995. The van der Waals surface area contributed by atoms with Crippen molar-refractivity contribution in [3.05, 3.63) is 47.3 Å². The number of anilines is 1. The number of nitrogens with two attached hydrogens (primary N) is 2. The summed E-state index contributed by atoms with van der Waals surface area (Å²) in [7, 11) is 1.45. The van der Waals surface area contributed by atoms with Gasteiger partial charge in [-0.1, -0.05) is 6.08 Å². The summed E-state index contributed by atoms with van der Waals surface area (Å²) < 4.78 is 13.4. The molecule has 5 N–H and O–H groups in total. The number of carbonyl (C=O) groups is 3. The second-order valence-electron chi connectivity index (χ2n) is 7.00. The van der Waals surface area contributed by atoms with Gasteiger partial charge in [-0.2, -0.15) is 5.10 Å². The number of aromatic nitrogens is 4. The van der Waals surface area contributed by atoms with Crippen LogP contribution < -0.4 is 21.5 Å². The van der Waals surface area contributed by atoms with E-state index < -0.39 is 17.9 Å². The topological polar surface area (TPSA) is 169 Å². The fourth-order valence-corrected chi connectivity index (χ4v) is 3.31. The summed E-state index contributed by atoms with van der Waals surface area (Å²) in [6, 6.07) is 4.70. The van der Waals surface area contributed by atoms with Crippen LogP contribution in [0.1, 0.15) is 33.5 Å². The summed E-state index contributed by atoms with van der Waals surface area (Å²) in [6.45, 7) is 4.43. The second kappa shape index (κ2) is 9.85. The number of rotatable bonds is 9. The molecule has 3 amide bonds. The first-order valence-corrected chi connectivity index (χ1v) is 10.1. The number of nitrogens with zero attached hydrogens (tertiary/aromatic N) is 4. The van der Waals surface area contributed by atoms with E-state index in [0.29, 0.717) is 34.7 Å². The van der Waals surface area contributed by atoms with Crippen LogP contribution in [0.4, 0.5) is 10.7 Å². The second-order valence-corrected chi connectivity index (χ2v) is 7.00. The molecule has 33 heavy (non-hydrogen) atoms. The number of methoxy groups -OCH3 is 1. The predicted molar refractivity (Wildman–Crippen MR) is 120 cm³/mol. The molecule has 2 heterocycles. The van der Waals surface area contributed by atoms with Gasteiger partial charge in [-0.15, -0.1) is 0 Å². The lowest BCUT2D eigenvalue weighted by Crippen LogP contribution is -2.20. The van der Waals surface area contributed by atoms with Crippen molar-refractivity contribution in [2.75, 3.05) is 19.0 Å². The fraction of sp³-hybridized carbons (Fsp3) is 0.286. The van der Waals surface area contributed by atoms with Crippen LogP contribution >= 0.6 is 0 Å². The minimum atomic E-state index is -0.885. The molecule has 0 aliphatic carbocycles. The van der Waals surface area contributed by atoms with Crippen LogP contribution in [-0.4, -0.2) is 51.0 Å². The number of carbonyl (C=O) groups excluding carboxylic acids is 3. The van der Waals surface area contributed by atoms with Crippen molar-refractivity contribution in [1.82, 2.24) is 19.3 Å². The molecule has 3 aromatic rings. The van der Waals surface area contributed by atoms with Gasteiger partial charge in [0, 0.05) is 18.7 Å². The van der Waals surface area contributed by atoms with Crippen molar-refractivity contribution >= 4 is 34.9 Å². The molecule has 0 fully saturated rings. The summed E-state index contributed by atoms with van der Waals surface area (Å²) >= 11 is 0. The standard InChI is InChI=1S/C21H25N7O5/c1-4-28-15(9-12(2)26-28)19(30)25-21-24-14-10-13(18(22)29)11-16(32-3)17(14)27(21)7-5-6-8-33-20(23)31/h5-6,9-11H,4,7-8H2,1-3H3,(H2,22,29)(H2,23,31)(H,24,25,30). The molecule has 12 nitrogen and oxygen atoms in total. The number of allylic oxidation sites excluding steroid dienone is 1. The fourth-order valence-electron chi connectivity index (χ4n) is 3.31. The number of amides is 3. The number of aryl methyl sites for hydroxylation is 2. The monoisotopic (exact) mass is 455 g/mol. The summed E-state index contributed by atoms with van der Waals surface area (Å²) in [5.74, 6) is -0.465. The third-order valence-corrected chi connectivity index (χ3v) is 4.75. The smallest absolute Gasteiger partial charge is 0.404 e. The lowest BCUT2D eigenvalue weighted by Gasteiger charge is -2.11. The average molecular weight is 455 g/mol. The maximum atomic E-state index is 13.0. The summed E-state index contributed by atoms with van der Waals surface area (Å²) in [6.07, 6.45) is 2.42. The highest BCUT2D eigenvalue weighted by molar-refractivity contribution is 6.04. The molecule has 2 aromatic heterocycles. The first-order valence-electron chi connectivity index (χ1n) is 10.1.